The number of hydrogen-bond donors (Lipinski definition) is 3. The monoisotopic (exact) mass is 524 g/mol. The maximum Gasteiger partial charge on any atom is 0.249 e. The van der Waals surface area contributed by atoms with E-state index < -0.39 is 5.54 Å². The molecule has 0 aliphatic heterocycles. The first kappa shape index (κ1) is 34.4. The van der Waals surface area contributed by atoms with Gasteiger partial charge in [0.2, 0.25) is 17.7 Å². The molecule has 210 valence electrons. The SMILES string of the molecule is C/C=C\C.C=C/C(=C\C)CN(C(=O)CNC(C)=O)C(C)(C)C(=O)N/C=C\C/C(=C/NC1=CCCC=C1)CC. The van der Waals surface area contributed by atoms with Crippen LogP contribution in [-0.2, 0) is 14.4 Å². The fourth-order valence-corrected chi connectivity index (χ4v) is 3.20. The zero-order valence-corrected chi connectivity index (χ0v) is 24.4. The van der Waals surface area contributed by atoms with Gasteiger partial charge in [0.05, 0.1) is 6.54 Å². The first-order chi connectivity index (χ1) is 18.1. The molecule has 0 radical (unpaired) electrons. The van der Waals surface area contributed by atoms with E-state index in [0.717, 1.165) is 30.5 Å². The van der Waals surface area contributed by atoms with Gasteiger partial charge >= 0.3 is 0 Å². The Kier molecular flexibility index (Phi) is 17.6. The highest BCUT2D eigenvalue weighted by Crippen LogP contribution is 2.18. The third-order valence-electron chi connectivity index (χ3n) is 5.93. The Morgan fingerprint density at radius 2 is 1.82 bits per heavy atom. The average molecular weight is 525 g/mol. The topological polar surface area (TPSA) is 90.5 Å². The number of carbonyl (C=O) groups is 3. The Balaban J connectivity index is 0.00000318. The fraction of sp³-hybridized carbons (Fsp3) is 0.452. The van der Waals surface area contributed by atoms with Crippen LogP contribution < -0.4 is 16.0 Å². The van der Waals surface area contributed by atoms with Gasteiger partial charge < -0.3 is 20.9 Å². The van der Waals surface area contributed by atoms with Crippen molar-refractivity contribution in [2.24, 2.45) is 0 Å². The van der Waals surface area contributed by atoms with Crippen LogP contribution >= 0.6 is 0 Å². The highest BCUT2D eigenvalue weighted by atomic mass is 16.2. The summed E-state index contributed by atoms with van der Waals surface area (Å²) < 4.78 is 0. The summed E-state index contributed by atoms with van der Waals surface area (Å²) in [6.45, 7) is 16.4. The third-order valence-corrected chi connectivity index (χ3v) is 5.93. The standard InChI is InChI=1S/C27H40N4O3.C4H8/c1-7-22(8-2)20-31(25(33)19-29-21(4)32)27(5,6)26(34)28-17-13-14-23(9-3)18-30-24-15-11-10-12-16-24;1-3-4-2/h7-8,11,13,15-18,30H,1,9-10,12,14,19-20H2,2-6H3,(H,28,34)(H,29,32);3-4H,1-2H3/b17-13-,22-8+,23-18+;4-3-. The van der Waals surface area contributed by atoms with E-state index in [1.807, 2.05) is 51.3 Å². The summed E-state index contributed by atoms with van der Waals surface area (Å²) in [6, 6.07) is 0. The molecule has 0 saturated heterocycles. The molecule has 3 N–H and O–H groups in total. The molecule has 1 aliphatic rings. The molecular weight excluding hydrogens is 476 g/mol. The van der Waals surface area contributed by atoms with Crippen LogP contribution in [0.15, 0.2) is 84.4 Å². The van der Waals surface area contributed by atoms with Crippen molar-refractivity contribution in [3.05, 3.63) is 84.4 Å². The Hall–Kier alpha value is -3.61. The fourth-order valence-electron chi connectivity index (χ4n) is 3.20. The lowest BCUT2D eigenvalue weighted by atomic mass is 9.99. The van der Waals surface area contributed by atoms with Crippen LogP contribution in [0.3, 0.4) is 0 Å². The summed E-state index contributed by atoms with van der Waals surface area (Å²) in [4.78, 5) is 38.6. The van der Waals surface area contributed by atoms with Crippen molar-refractivity contribution in [3.8, 4) is 0 Å². The van der Waals surface area contributed by atoms with Gasteiger partial charge in [-0.15, -0.1) is 0 Å². The molecule has 1 aliphatic carbocycles. The lowest BCUT2D eigenvalue weighted by molar-refractivity contribution is -0.144. The highest BCUT2D eigenvalue weighted by molar-refractivity contribution is 5.93. The summed E-state index contributed by atoms with van der Waals surface area (Å²) in [5, 5.41) is 8.64. The predicted octanol–water partition coefficient (Wildman–Crippen LogP) is 5.58. The normalized spacial score (nSPS) is 13.9. The van der Waals surface area contributed by atoms with E-state index in [4.69, 9.17) is 0 Å². The molecule has 0 fully saturated rings. The molecule has 0 saturated carbocycles. The Morgan fingerprint density at radius 3 is 2.32 bits per heavy atom. The van der Waals surface area contributed by atoms with Gasteiger partial charge in [0.1, 0.15) is 5.54 Å². The highest BCUT2D eigenvalue weighted by Gasteiger charge is 2.37. The van der Waals surface area contributed by atoms with Crippen molar-refractivity contribution in [2.45, 2.75) is 79.7 Å². The molecule has 0 aromatic carbocycles. The number of carbonyl (C=O) groups excluding carboxylic acids is 3. The van der Waals surface area contributed by atoms with E-state index in [1.54, 1.807) is 26.1 Å². The van der Waals surface area contributed by atoms with Gasteiger partial charge in [-0.2, -0.15) is 0 Å². The summed E-state index contributed by atoms with van der Waals surface area (Å²) in [7, 11) is 0. The molecule has 0 aromatic rings. The third kappa shape index (κ3) is 13.6. The lowest BCUT2D eigenvalue weighted by Gasteiger charge is -2.37. The second-order valence-electron chi connectivity index (χ2n) is 9.20. The smallest absolute Gasteiger partial charge is 0.249 e. The van der Waals surface area contributed by atoms with Crippen molar-refractivity contribution in [3.63, 3.8) is 0 Å². The van der Waals surface area contributed by atoms with Crippen LogP contribution in [0.5, 0.6) is 0 Å². The van der Waals surface area contributed by atoms with Gasteiger partial charge in [0.25, 0.3) is 0 Å². The Morgan fingerprint density at radius 1 is 1.13 bits per heavy atom. The maximum absolute atomic E-state index is 13.0. The summed E-state index contributed by atoms with van der Waals surface area (Å²) in [5.41, 5.74) is 1.95. The molecule has 0 unspecified atom stereocenters. The minimum absolute atomic E-state index is 0.181. The van der Waals surface area contributed by atoms with E-state index >= 15 is 0 Å². The van der Waals surface area contributed by atoms with E-state index in [-0.39, 0.29) is 30.8 Å². The van der Waals surface area contributed by atoms with Crippen LogP contribution in [0.25, 0.3) is 0 Å². The van der Waals surface area contributed by atoms with E-state index in [0.29, 0.717) is 6.42 Å². The van der Waals surface area contributed by atoms with E-state index in [9.17, 15) is 14.4 Å². The molecule has 7 nitrogen and oxygen atoms in total. The van der Waals surface area contributed by atoms with Crippen molar-refractivity contribution in [1.29, 1.82) is 0 Å². The van der Waals surface area contributed by atoms with Gasteiger partial charge in [0, 0.05) is 31.6 Å². The number of amides is 3. The number of nitrogens with one attached hydrogen (secondary N) is 3. The van der Waals surface area contributed by atoms with Gasteiger partial charge in [-0.05, 0) is 72.0 Å². The van der Waals surface area contributed by atoms with Gasteiger partial charge in [-0.1, -0.05) is 61.6 Å². The number of nitrogens with zero attached hydrogens (tertiary/aromatic N) is 1. The zero-order valence-electron chi connectivity index (χ0n) is 24.4. The molecule has 3 amide bonds. The van der Waals surface area contributed by atoms with Gasteiger partial charge in [-0.3, -0.25) is 14.4 Å². The zero-order chi connectivity index (χ0) is 29.0. The lowest BCUT2D eigenvalue weighted by Crippen LogP contribution is -2.58. The second-order valence-corrected chi connectivity index (χ2v) is 9.20. The molecule has 0 aromatic heterocycles. The minimum atomic E-state index is -1.15. The molecule has 0 atom stereocenters. The molecule has 38 heavy (non-hydrogen) atoms. The van der Waals surface area contributed by atoms with Crippen LogP contribution in [0, 0.1) is 0 Å². The van der Waals surface area contributed by atoms with Crippen LogP contribution in [0.4, 0.5) is 0 Å². The Bertz CT molecular complexity index is 962. The van der Waals surface area contributed by atoms with Crippen molar-refractivity contribution < 1.29 is 14.4 Å². The minimum Gasteiger partial charge on any atom is -0.362 e. The summed E-state index contributed by atoms with van der Waals surface area (Å²) in [5.74, 6) is -0.982. The average Bonchev–Trinajstić information content (AvgIpc) is 2.92. The van der Waals surface area contributed by atoms with Crippen molar-refractivity contribution >= 4 is 17.7 Å². The second kappa shape index (κ2) is 19.5. The van der Waals surface area contributed by atoms with Gasteiger partial charge in [0.15, 0.2) is 0 Å². The molecule has 0 bridgehead atoms. The van der Waals surface area contributed by atoms with Gasteiger partial charge in [-0.25, -0.2) is 0 Å². The summed E-state index contributed by atoms with van der Waals surface area (Å²) >= 11 is 0. The van der Waals surface area contributed by atoms with Crippen LogP contribution in [0.1, 0.15) is 74.1 Å². The molecule has 7 heteroatoms. The summed E-state index contributed by atoms with van der Waals surface area (Å²) in [6.07, 6.45) is 23.1. The quantitative estimate of drug-likeness (QED) is 0.217. The number of rotatable bonds is 13. The molecule has 0 heterocycles. The first-order valence-corrected chi connectivity index (χ1v) is 13.2. The van der Waals surface area contributed by atoms with E-state index in [1.165, 1.54) is 17.4 Å². The van der Waals surface area contributed by atoms with Crippen molar-refractivity contribution in [2.75, 3.05) is 13.1 Å². The number of hydrogen-bond acceptors (Lipinski definition) is 4. The van der Waals surface area contributed by atoms with Crippen LogP contribution in [-0.4, -0.2) is 41.2 Å². The molecule has 0 spiro atoms. The first-order valence-electron chi connectivity index (χ1n) is 13.2. The number of allylic oxidation sites excluding steroid dienone is 8. The maximum atomic E-state index is 13.0. The van der Waals surface area contributed by atoms with E-state index in [2.05, 4.69) is 47.7 Å². The largest absolute Gasteiger partial charge is 0.362 e. The molecular formula is C31H48N4O3. The van der Waals surface area contributed by atoms with Crippen molar-refractivity contribution in [1.82, 2.24) is 20.9 Å². The predicted molar refractivity (Wildman–Crippen MR) is 159 cm³/mol. The Labute approximate surface area is 230 Å². The molecule has 1 rings (SSSR count). The van der Waals surface area contributed by atoms with Crippen LogP contribution in [0.2, 0.25) is 0 Å².